The van der Waals surface area contributed by atoms with Gasteiger partial charge < -0.3 is 10.2 Å². The molecule has 0 saturated heterocycles. The summed E-state index contributed by atoms with van der Waals surface area (Å²) in [6.45, 7) is 2.57. The number of sulfonamides is 1. The highest BCUT2D eigenvalue weighted by Crippen LogP contribution is 2.26. The fourth-order valence-corrected chi connectivity index (χ4v) is 3.41. The van der Waals surface area contributed by atoms with Crippen LogP contribution in [0.1, 0.15) is 19.8 Å². The number of nitrogens with two attached hydrogens (primary N) is 1. The van der Waals surface area contributed by atoms with E-state index in [0.717, 1.165) is 0 Å². The molecule has 0 aromatic carbocycles. The lowest BCUT2D eigenvalue weighted by molar-refractivity contribution is -0.00475. The van der Waals surface area contributed by atoms with Gasteiger partial charge in [-0.3, -0.25) is 0 Å². The topological polar surface area (TPSA) is 106 Å². The normalized spacial score (nSPS) is 22.8. The predicted octanol–water partition coefficient (Wildman–Crippen LogP) is 0.213. The largest absolute Gasteiger partial charge is 0.378 e. The molecule has 106 valence electrons. The maximum atomic E-state index is 12.2. The fourth-order valence-electron chi connectivity index (χ4n) is 2.03. The maximum Gasteiger partial charge on any atom is 0.244 e. The van der Waals surface area contributed by atoms with Crippen molar-refractivity contribution in [3.63, 3.8) is 0 Å². The Morgan fingerprint density at radius 3 is 2.89 bits per heavy atom. The Morgan fingerprint density at radius 2 is 2.26 bits per heavy atom. The van der Waals surface area contributed by atoms with E-state index in [-0.39, 0.29) is 22.9 Å². The number of aromatic nitrogens is 1. The number of nitrogens with zero attached hydrogens (tertiary/aromatic N) is 1. The third-order valence-corrected chi connectivity index (χ3v) is 4.57. The first kappa shape index (κ1) is 14.2. The van der Waals surface area contributed by atoms with Crippen molar-refractivity contribution in [1.82, 2.24) is 9.71 Å². The molecule has 7 nitrogen and oxygen atoms in total. The fraction of sp³-hybridized carbons (Fsp3) is 0.545. The van der Waals surface area contributed by atoms with Crippen LogP contribution in [0.5, 0.6) is 0 Å². The average Bonchev–Trinajstić information content (AvgIpc) is 2.36. The van der Waals surface area contributed by atoms with E-state index in [4.69, 9.17) is 10.6 Å². The molecule has 0 atom stereocenters. The van der Waals surface area contributed by atoms with Gasteiger partial charge in [-0.15, -0.1) is 0 Å². The zero-order chi connectivity index (χ0) is 13.9. The Bertz CT molecular complexity index is 528. The molecule has 4 N–H and O–H groups in total. The summed E-state index contributed by atoms with van der Waals surface area (Å²) in [5.41, 5.74) is 2.29. The molecule has 19 heavy (non-hydrogen) atoms. The van der Waals surface area contributed by atoms with Crippen LogP contribution in [-0.4, -0.2) is 32.2 Å². The second-order valence-electron chi connectivity index (χ2n) is 4.36. The highest BCUT2D eigenvalue weighted by atomic mass is 32.2. The number of pyridine rings is 1. The summed E-state index contributed by atoms with van der Waals surface area (Å²) in [4.78, 5) is 3.93. The van der Waals surface area contributed by atoms with Gasteiger partial charge in [-0.05, 0) is 31.9 Å². The van der Waals surface area contributed by atoms with Crippen LogP contribution in [-0.2, 0) is 14.8 Å². The van der Waals surface area contributed by atoms with E-state index in [0.29, 0.717) is 19.4 Å². The van der Waals surface area contributed by atoms with E-state index in [9.17, 15) is 8.42 Å². The quantitative estimate of drug-likeness (QED) is 0.510. The first-order valence-corrected chi connectivity index (χ1v) is 7.60. The molecular formula is C11H18N4O3S. The molecule has 0 bridgehead atoms. The van der Waals surface area contributed by atoms with Crippen molar-refractivity contribution >= 4 is 15.8 Å². The van der Waals surface area contributed by atoms with Crippen LogP contribution in [0.2, 0.25) is 0 Å². The summed E-state index contributed by atoms with van der Waals surface area (Å²) in [5, 5.41) is 0. The number of ether oxygens (including phenoxy) is 1. The first-order valence-electron chi connectivity index (χ1n) is 6.12. The highest BCUT2D eigenvalue weighted by molar-refractivity contribution is 7.89. The third-order valence-electron chi connectivity index (χ3n) is 3.02. The lowest BCUT2D eigenvalue weighted by Gasteiger charge is -2.35. The molecule has 1 fully saturated rings. The van der Waals surface area contributed by atoms with Gasteiger partial charge >= 0.3 is 0 Å². The van der Waals surface area contributed by atoms with Gasteiger partial charge in [-0.25, -0.2) is 24.0 Å². The van der Waals surface area contributed by atoms with Crippen molar-refractivity contribution in [2.75, 3.05) is 12.0 Å². The van der Waals surface area contributed by atoms with Gasteiger partial charge in [0, 0.05) is 18.8 Å². The zero-order valence-corrected chi connectivity index (χ0v) is 11.5. The smallest absolute Gasteiger partial charge is 0.244 e. The summed E-state index contributed by atoms with van der Waals surface area (Å²) in [5.74, 6) is 5.40. The lowest BCUT2D eigenvalue weighted by Crippen LogP contribution is -2.47. The molecule has 8 heteroatoms. The van der Waals surface area contributed by atoms with Crippen molar-refractivity contribution in [1.29, 1.82) is 0 Å². The highest BCUT2D eigenvalue weighted by Gasteiger charge is 2.33. The van der Waals surface area contributed by atoms with Gasteiger partial charge in [0.25, 0.3) is 0 Å². The number of hydrogen-bond donors (Lipinski definition) is 3. The molecular weight excluding hydrogens is 268 g/mol. The van der Waals surface area contributed by atoms with Crippen LogP contribution in [0.15, 0.2) is 23.2 Å². The Kier molecular flexibility index (Phi) is 4.35. The number of rotatable bonds is 6. The van der Waals surface area contributed by atoms with Gasteiger partial charge in [0.2, 0.25) is 10.0 Å². The number of hydrogen-bond acceptors (Lipinski definition) is 6. The van der Waals surface area contributed by atoms with E-state index in [1.165, 1.54) is 12.3 Å². The van der Waals surface area contributed by atoms with E-state index >= 15 is 0 Å². The molecule has 1 aliphatic carbocycles. The molecule has 2 rings (SSSR count). The molecule has 1 saturated carbocycles. The second kappa shape index (κ2) is 5.83. The van der Waals surface area contributed by atoms with Gasteiger partial charge in [-0.1, -0.05) is 0 Å². The molecule has 0 aliphatic heterocycles. The standard InChI is InChI=1S/C11H18N4O3S/c1-2-18-9-6-8(7-9)15-19(16,17)10-4-3-5-13-11(10)14-12/h3-5,8-9,15H,2,6-7,12H2,1H3,(H,13,14). The van der Waals surface area contributed by atoms with Crippen molar-refractivity contribution in [3.05, 3.63) is 18.3 Å². The SMILES string of the molecule is CCOC1CC(NS(=O)(=O)c2cccnc2NN)C1. The van der Waals surface area contributed by atoms with E-state index in [1.807, 2.05) is 6.92 Å². The van der Waals surface area contributed by atoms with Crippen molar-refractivity contribution in [2.45, 2.75) is 36.8 Å². The molecule has 0 spiro atoms. The minimum absolute atomic E-state index is 0.0531. The van der Waals surface area contributed by atoms with Gasteiger partial charge in [-0.2, -0.15) is 0 Å². The van der Waals surface area contributed by atoms with Gasteiger partial charge in [0.15, 0.2) is 5.82 Å². The molecule has 1 heterocycles. The van der Waals surface area contributed by atoms with Crippen LogP contribution in [0, 0.1) is 0 Å². The molecule has 0 amide bonds. The Hall–Kier alpha value is -1.22. The molecule has 1 aromatic heterocycles. The number of nitrogens with one attached hydrogen (secondary N) is 2. The summed E-state index contributed by atoms with van der Waals surface area (Å²) < 4.78 is 32.4. The second-order valence-corrected chi connectivity index (χ2v) is 6.04. The van der Waals surface area contributed by atoms with Gasteiger partial charge in [0.05, 0.1) is 6.10 Å². The number of anilines is 1. The summed E-state index contributed by atoms with van der Waals surface area (Å²) in [6.07, 6.45) is 3.01. The zero-order valence-electron chi connectivity index (χ0n) is 10.7. The Labute approximate surface area is 112 Å². The van der Waals surface area contributed by atoms with Crippen LogP contribution in [0.25, 0.3) is 0 Å². The average molecular weight is 286 g/mol. The van der Waals surface area contributed by atoms with Crippen LogP contribution in [0.4, 0.5) is 5.82 Å². The molecule has 1 aromatic rings. The minimum Gasteiger partial charge on any atom is -0.378 e. The van der Waals surface area contributed by atoms with Crippen LogP contribution >= 0.6 is 0 Å². The number of nitrogen functional groups attached to an aromatic ring is 1. The summed E-state index contributed by atoms with van der Waals surface area (Å²) >= 11 is 0. The van der Waals surface area contributed by atoms with Crippen molar-refractivity contribution in [3.8, 4) is 0 Å². The van der Waals surface area contributed by atoms with E-state index < -0.39 is 10.0 Å². The minimum atomic E-state index is -3.61. The van der Waals surface area contributed by atoms with Crippen molar-refractivity contribution in [2.24, 2.45) is 5.84 Å². The van der Waals surface area contributed by atoms with Crippen LogP contribution < -0.4 is 16.0 Å². The Balaban J connectivity index is 2.03. The maximum absolute atomic E-state index is 12.2. The molecule has 1 aliphatic rings. The van der Waals surface area contributed by atoms with E-state index in [2.05, 4.69) is 15.1 Å². The summed E-state index contributed by atoms with van der Waals surface area (Å²) in [6, 6.07) is 2.93. The molecule has 0 unspecified atom stereocenters. The summed E-state index contributed by atoms with van der Waals surface area (Å²) in [7, 11) is -3.61. The lowest BCUT2D eigenvalue weighted by atomic mass is 9.90. The monoisotopic (exact) mass is 286 g/mol. The van der Waals surface area contributed by atoms with Gasteiger partial charge in [0.1, 0.15) is 4.90 Å². The van der Waals surface area contributed by atoms with E-state index in [1.54, 1.807) is 6.07 Å². The first-order chi connectivity index (χ1) is 9.06. The van der Waals surface area contributed by atoms with Crippen LogP contribution in [0.3, 0.4) is 0 Å². The Morgan fingerprint density at radius 1 is 1.53 bits per heavy atom. The molecule has 0 radical (unpaired) electrons. The predicted molar refractivity (Wildman–Crippen MR) is 70.8 cm³/mol. The number of hydrazine groups is 1. The third kappa shape index (κ3) is 3.21. The van der Waals surface area contributed by atoms with Crippen molar-refractivity contribution < 1.29 is 13.2 Å².